The Hall–Kier alpha value is -2.77. The summed E-state index contributed by atoms with van der Waals surface area (Å²) in [7, 11) is 0. The Morgan fingerprint density at radius 1 is 0.906 bits per heavy atom. The molecule has 2 aromatic carbocycles. The van der Waals surface area contributed by atoms with Crippen LogP contribution in [0.25, 0.3) is 0 Å². The summed E-state index contributed by atoms with van der Waals surface area (Å²) >= 11 is 0. The van der Waals surface area contributed by atoms with Gasteiger partial charge in [-0.3, -0.25) is 4.90 Å². The van der Waals surface area contributed by atoms with Gasteiger partial charge in [0.2, 0.25) is 0 Å². The molecule has 1 aliphatic rings. The molecule has 0 aliphatic carbocycles. The van der Waals surface area contributed by atoms with Crippen LogP contribution < -0.4 is 20.5 Å². The van der Waals surface area contributed by atoms with Crippen molar-refractivity contribution in [1.29, 1.82) is 0 Å². The summed E-state index contributed by atoms with van der Waals surface area (Å²) in [6.45, 7) is 14.6. The molecule has 0 aromatic heterocycles. The molecule has 1 fully saturated rings. The van der Waals surface area contributed by atoms with Crippen molar-refractivity contribution in [2.75, 3.05) is 51.3 Å². The molecule has 1 saturated heterocycles. The summed E-state index contributed by atoms with van der Waals surface area (Å²) < 4.78 is 11.3. The largest absolute Gasteiger partial charge is 0.494 e. The number of nitrogens with zero attached hydrogens (tertiary/aromatic N) is 3. The highest BCUT2D eigenvalue weighted by Crippen LogP contribution is 2.29. The standard InChI is InChI=1S/C25H37N5O2/c1-4-29-13-15-30(16-14-29)19-21-9-7-20(8-10-21)18-27-25(26)28-23-17-22(31-5-2)11-12-24(23)32-6-3/h7-12,17H,4-6,13-16,18-19H2,1-3H3,(H3,26,27,28). The highest BCUT2D eigenvalue weighted by Gasteiger charge is 2.15. The number of likely N-dealkylation sites (N-methyl/N-ethyl adjacent to an activating group) is 1. The summed E-state index contributed by atoms with van der Waals surface area (Å²) in [5.74, 6) is 1.83. The number of aliphatic imine (C=N–C) groups is 1. The number of nitrogens with one attached hydrogen (secondary N) is 1. The molecule has 7 nitrogen and oxygen atoms in total. The van der Waals surface area contributed by atoms with Crippen molar-refractivity contribution in [3.05, 3.63) is 53.6 Å². The number of nitrogens with two attached hydrogens (primary N) is 1. The van der Waals surface area contributed by atoms with Crippen LogP contribution in [0.4, 0.5) is 5.69 Å². The molecule has 0 radical (unpaired) electrons. The summed E-state index contributed by atoms with van der Waals surface area (Å²) in [6.07, 6.45) is 0. The normalized spacial score (nSPS) is 15.5. The highest BCUT2D eigenvalue weighted by molar-refractivity contribution is 5.94. The van der Waals surface area contributed by atoms with E-state index in [9.17, 15) is 0 Å². The Bertz CT molecular complexity index is 861. The molecule has 0 atom stereocenters. The van der Waals surface area contributed by atoms with Gasteiger partial charge in [-0.25, -0.2) is 4.99 Å². The molecule has 0 saturated carbocycles. The van der Waals surface area contributed by atoms with Gasteiger partial charge in [-0.1, -0.05) is 31.2 Å². The monoisotopic (exact) mass is 439 g/mol. The van der Waals surface area contributed by atoms with Gasteiger partial charge >= 0.3 is 0 Å². The first-order valence-electron chi connectivity index (χ1n) is 11.6. The first-order chi connectivity index (χ1) is 15.6. The molecule has 1 aliphatic heterocycles. The molecule has 0 unspecified atom stereocenters. The lowest BCUT2D eigenvalue weighted by Crippen LogP contribution is -2.45. The fraction of sp³-hybridized carbons (Fsp3) is 0.480. The van der Waals surface area contributed by atoms with Gasteiger partial charge in [0.1, 0.15) is 11.5 Å². The molecule has 0 bridgehead atoms. The predicted octanol–water partition coefficient (Wildman–Crippen LogP) is 3.55. The number of benzene rings is 2. The second-order valence-corrected chi connectivity index (χ2v) is 7.88. The SMILES string of the molecule is CCOc1ccc(OCC)c(NC(N)=NCc2ccc(CN3CCN(CC)CC3)cc2)c1. The van der Waals surface area contributed by atoms with E-state index in [4.69, 9.17) is 15.2 Å². The third-order valence-electron chi connectivity index (χ3n) is 5.60. The lowest BCUT2D eigenvalue weighted by atomic mass is 10.1. The van der Waals surface area contributed by atoms with Gasteiger partial charge in [-0.05, 0) is 43.7 Å². The maximum absolute atomic E-state index is 6.15. The molecule has 0 amide bonds. The third-order valence-corrected chi connectivity index (χ3v) is 5.60. The Labute approximate surface area is 192 Å². The first kappa shape index (κ1) is 23.9. The summed E-state index contributed by atoms with van der Waals surface area (Å²) in [5, 5.41) is 3.15. The number of hydrogen-bond donors (Lipinski definition) is 2. The average Bonchev–Trinajstić information content (AvgIpc) is 2.81. The van der Waals surface area contributed by atoms with Crippen molar-refractivity contribution in [2.24, 2.45) is 10.7 Å². The first-order valence-corrected chi connectivity index (χ1v) is 11.6. The predicted molar refractivity (Wildman–Crippen MR) is 132 cm³/mol. The van der Waals surface area contributed by atoms with Gasteiger partial charge in [0.25, 0.3) is 0 Å². The highest BCUT2D eigenvalue weighted by atomic mass is 16.5. The fourth-order valence-electron chi connectivity index (χ4n) is 3.77. The van der Waals surface area contributed by atoms with Crippen LogP contribution in [0, 0.1) is 0 Å². The molecule has 3 rings (SSSR count). The van der Waals surface area contributed by atoms with Crippen LogP contribution in [-0.4, -0.2) is 61.7 Å². The zero-order valence-electron chi connectivity index (χ0n) is 19.6. The van der Waals surface area contributed by atoms with Gasteiger partial charge < -0.3 is 25.4 Å². The lowest BCUT2D eigenvalue weighted by molar-refractivity contribution is 0.132. The maximum Gasteiger partial charge on any atom is 0.193 e. The van der Waals surface area contributed by atoms with Gasteiger partial charge in [-0.15, -0.1) is 0 Å². The minimum Gasteiger partial charge on any atom is -0.494 e. The molecular formula is C25H37N5O2. The minimum absolute atomic E-state index is 0.345. The van der Waals surface area contributed by atoms with Crippen molar-refractivity contribution in [3.63, 3.8) is 0 Å². The van der Waals surface area contributed by atoms with Gasteiger partial charge in [-0.2, -0.15) is 0 Å². The molecule has 3 N–H and O–H groups in total. The second-order valence-electron chi connectivity index (χ2n) is 7.88. The van der Waals surface area contributed by atoms with E-state index in [1.165, 1.54) is 5.56 Å². The number of piperazine rings is 1. The molecule has 7 heteroatoms. The van der Waals surface area contributed by atoms with Gasteiger partial charge in [0.15, 0.2) is 5.96 Å². The quantitative estimate of drug-likeness (QED) is 0.436. The van der Waals surface area contributed by atoms with E-state index in [0.717, 1.165) is 62.0 Å². The van der Waals surface area contributed by atoms with Crippen molar-refractivity contribution >= 4 is 11.6 Å². The number of hydrogen-bond acceptors (Lipinski definition) is 5. The zero-order valence-corrected chi connectivity index (χ0v) is 19.6. The van der Waals surface area contributed by atoms with Crippen LogP contribution in [0.15, 0.2) is 47.5 Å². The van der Waals surface area contributed by atoms with E-state index < -0.39 is 0 Å². The topological polar surface area (TPSA) is 75.3 Å². The van der Waals surface area contributed by atoms with Gasteiger partial charge in [0.05, 0.1) is 25.4 Å². The van der Waals surface area contributed by atoms with Crippen molar-refractivity contribution in [2.45, 2.75) is 33.9 Å². The summed E-state index contributed by atoms with van der Waals surface area (Å²) in [6, 6.07) is 14.3. The minimum atomic E-state index is 0.345. The van der Waals surface area contributed by atoms with Crippen molar-refractivity contribution in [3.8, 4) is 11.5 Å². The van der Waals surface area contributed by atoms with E-state index in [2.05, 4.69) is 51.3 Å². The van der Waals surface area contributed by atoms with E-state index in [-0.39, 0.29) is 0 Å². The lowest BCUT2D eigenvalue weighted by Gasteiger charge is -2.34. The molecule has 1 heterocycles. The second kappa shape index (κ2) is 12.3. The van der Waals surface area contributed by atoms with E-state index in [1.807, 2.05) is 32.0 Å². The maximum atomic E-state index is 6.15. The Morgan fingerprint density at radius 3 is 2.22 bits per heavy atom. The Morgan fingerprint density at radius 2 is 1.56 bits per heavy atom. The number of anilines is 1. The number of ether oxygens (including phenoxy) is 2. The van der Waals surface area contributed by atoms with Crippen LogP contribution in [-0.2, 0) is 13.1 Å². The fourth-order valence-corrected chi connectivity index (χ4v) is 3.77. The van der Waals surface area contributed by atoms with Gasteiger partial charge in [0, 0.05) is 38.8 Å². The molecule has 0 spiro atoms. The Kier molecular flexibility index (Phi) is 9.19. The zero-order chi connectivity index (χ0) is 22.8. The molecule has 32 heavy (non-hydrogen) atoms. The van der Waals surface area contributed by atoms with E-state index in [1.54, 1.807) is 0 Å². The summed E-state index contributed by atoms with van der Waals surface area (Å²) in [4.78, 5) is 9.52. The molecule has 174 valence electrons. The van der Waals surface area contributed by atoms with Crippen LogP contribution >= 0.6 is 0 Å². The van der Waals surface area contributed by atoms with Crippen LogP contribution in [0.5, 0.6) is 11.5 Å². The van der Waals surface area contributed by atoms with Crippen molar-refractivity contribution < 1.29 is 9.47 Å². The van der Waals surface area contributed by atoms with Crippen LogP contribution in [0.2, 0.25) is 0 Å². The van der Waals surface area contributed by atoms with E-state index in [0.29, 0.717) is 25.7 Å². The number of guanidine groups is 1. The molecule has 2 aromatic rings. The average molecular weight is 440 g/mol. The summed E-state index contributed by atoms with van der Waals surface area (Å²) in [5.41, 5.74) is 9.36. The Balaban J connectivity index is 1.55. The van der Waals surface area contributed by atoms with Crippen LogP contribution in [0.3, 0.4) is 0 Å². The third kappa shape index (κ3) is 7.14. The number of rotatable bonds is 10. The van der Waals surface area contributed by atoms with Crippen LogP contribution in [0.1, 0.15) is 31.9 Å². The van der Waals surface area contributed by atoms with E-state index >= 15 is 0 Å². The van der Waals surface area contributed by atoms with Crippen molar-refractivity contribution in [1.82, 2.24) is 9.80 Å². The smallest absolute Gasteiger partial charge is 0.193 e. The molecular weight excluding hydrogens is 402 g/mol.